The lowest BCUT2D eigenvalue weighted by molar-refractivity contribution is 0.0797. The van der Waals surface area contributed by atoms with Gasteiger partial charge in [-0.3, -0.25) is 4.79 Å². The second-order valence-corrected chi connectivity index (χ2v) is 5.32. The lowest BCUT2D eigenvalue weighted by Crippen LogP contribution is -2.28. The van der Waals surface area contributed by atoms with E-state index in [2.05, 4.69) is 15.5 Å². The smallest absolute Gasteiger partial charge is 0.265 e. The zero-order valence-electron chi connectivity index (χ0n) is 11.3. The second kappa shape index (κ2) is 7.11. The maximum atomic E-state index is 12.4. The number of hydrogen-bond donors (Lipinski definition) is 1. The average molecular weight is 295 g/mol. The Kier molecular flexibility index (Phi) is 5.19. The van der Waals surface area contributed by atoms with E-state index in [-0.39, 0.29) is 12.5 Å². The number of unbranched alkanes of at least 4 members (excludes halogenated alkanes) is 2. The summed E-state index contributed by atoms with van der Waals surface area (Å²) >= 11 is 1.38. The highest BCUT2D eigenvalue weighted by Gasteiger charge is 2.18. The molecule has 0 atom stereocenters. The largest absolute Gasteiger partial charge is 0.396 e. The highest BCUT2D eigenvalue weighted by atomic mass is 32.1. The second-order valence-electron chi connectivity index (χ2n) is 4.40. The summed E-state index contributed by atoms with van der Waals surface area (Å²) in [6, 6.07) is 1.83. The molecular formula is C12H17N5O2S. The molecule has 7 nitrogen and oxygen atoms in total. The minimum atomic E-state index is -0.0329. The fourth-order valence-corrected chi connectivity index (χ4v) is 2.70. The van der Waals surface area contributed by atoms with Crippen LogP contribution in [0.2, 0.25) is 0 Å². The van der Waals surface area contributed by atoms with Crippen molar-refractivity contribution in [2.75, 3.05) is 20.2 Å². The normalized spacial score (nSPS) is 10.7. The van der Waals surface area contributed by atoms with E-state index in [1.165, 1.54) is 22.3 Å². The minimum absolute atomic E-state index is 0.0329. The maximum Gasteiger partial charge on any atom is 0.265 e. The van der Waals surface area contributed by atoms with Crippen LogP contribution in [-0.4, -0.2) is 56.3 Å². The number of aromatic nitrogens is 4. The van der Waals surface area contributed by atoms with E-state index >= 15 is 0 Å². The number of carbonyl (C=O) groups is 1. The first-order valence-corrected chi connectivity index (χ1v) is 7.29. The van der Waals surface area contributed by atoms with E-state index in [1.807, 2.05) is 11.4 Å². The summed E-state index contributed by atoms with van der Waals surface area (Å²) in [7, 11) is 1.78. The van der Waals surface area contributed by atoms with Crippen molar-refractivity contribution in [1.82, 2.24) is 25.1 Å². The van der Waals surface area contributed by atoms with Crippen LogP contribution in [0.25, 0.3) is 5.69 Å². The van der Waals surface area contributed by atoms with Crippen LogP contribution < -0.4 is 0 Å². The van der Waals surface area contributed by atoms with Gasteiger partial charge >= 0.3 is 0 Å². The number of thiophene rings is 1. The van der Waals surface area contributed by atoms with Gasteiger partial charge in [0.25, 0.3) is 5.91 Å². The predicted molar refractivity (Wildman–Crippen MR) is 74.9 cm³/mol. The zero-order chi connectivity index (χ0) is 14.4. The Morgan fingerprint density at radius 3 is 3.00 bits per heavy atom. The average Bonchev–Trinajstić information content (AvgIpc) is 3.11. The molecule has 0 bridgehead atoms. The SMILES string of the molecule is CN(CCCCCO)C(=O)c1sccc1-n1cnnn1. The number of tetrazole rings is 1. The topological polar surface area (TPSA) is 84.1 Å². The van der Waals surface area contributed by atoms with Crippen molar-refractivity contribution in [2.24, 2.45) is 0 Å². The zero-order valence-corrected chi connectivity index (χ0v) is 12.1. The van der Waals surface area contributed by atoms with Crippen LogP contribution in [0, 0.1) is 0 Å². The molecule has 108 valence electrons. The molecule has 2 rings (SSSR count). The number of carbonyl (C=O) groups excluding carboxylic acids is 1. The van der Waals surface area contributed by atoms with Crippen molar-refractivity contribution in [3.05, 3.63) is 22.7 Å². The van der Waals surface area contributed by atoms with Crippen LogP contribution in [0.1, 0.15) is 28.9 Å². The van der Waals surface area contributed by atoms with Crippen LogP contribution >= 0.6 is 11.3 Å². The molecule has 1 amide bonds. The minimum Gasteiger partial charge on any atom is -0.396 e. The van der Waals surface area contributed by atoms with Gasteiger partial charge in [-0.1, -0.05) is 0 Å². The van der Waals surface area contributed by atoms with Crippen LogP contribution in [0.5, 0.6) is 0 Å². The highest BCUT2D eigenvalue weighted by Crippen LogP contribution is 2.21. The van der Waals surface area contributed by atoms with Crippen molar-refractivity contribution in [1.29, 1.82) is 0 Å². The summed E-state index contributed by atoms with van der Waals surface area (Å²) in [5.41, 5.74) is 0.701. The molecule has 0 saturated heterocycles. The van der Waals surface area contributed by atoms with Gasteiger partial charge in [0.2, 0.25) is 0 Å². The molecule has 0 saturated carbocycles. The van der Waals surface area contributed by atoms with Crippen molar-refractivity contribution >= 4 is 17.2 Å². The lowest BCUT2D eigenvalue weighted by Gasteiger charge is -2.16. The Labute approximate surface area is 120 Å². The van der Waals surface area contributed by atoms with E-state index in [4.69, 9.17) is 5.11 Å². The molecule has 1 N–H and O–H groups in total. The Hall–Kier alpha value is -1.80. The molecule has 2 aromatic rings. The van der Waals surface area contributed by atoms with Crippen LogP contribution in [0.4, 0.5) is 0 Å². The van der Waals surface area contributed by atoms with Crippen molar-refractivity contribution in [3.8, 4) is 5.69 Å². The van der Waals surface area contributed by atoms with E-state index in [1.54, 1.807) is 11.9 Å². The molecular weight excluding hydrogens is 278 g/mol. The Balaban J connectivity index is 2.01. The monoisotopic (exact) mass is 295 g/mol. The number of nitrogens with zero attached hydrogens (tertiary/aromatic N) is 5. The lowest BCUT2D eigenvalue weighted by atomic mass is 10.2. The van der Waals surface area contributed by atoms with Gasteiger partial charge in [0.15, 0.2) is 0 Å². The summed E-state index contributed by atoms with van der Waals surface area (Å²) in [5.74, 6) is -0.0329. The summed E-state index contributed by atoms with van der Waals surface area (Å²) in [4.78, 5) is 14.7. The summed E-state index contributed by atoms with van der Waals surface area (Å²) in [5, 5.41) is 21.6. The molecule has 0 spiro atoms. The van der Waals surface area contributed by atoms with Gasteiger partial charge in [0, 0.05) is 20.2 Å². The van der Waals surface area contributed by atoms with E-state index in [0.29, 0.717) is 17.1 Å². The first kappa shape index (κ1) is 14.6. The molecule has 0 aliphatic rings. The van der Waals surface area contributed by atoms with Crippen molar-refractivity contribution < 1.29 is 9.90 Å². The third-order valence-electron chi connectivity index (χ3n) is 2.93. The van der Waals surface area contributed by atoms with Gasteiger partial charge in [-0.2, -0.15) is 4.68 Å². The molecule has 0 aliphatic heterocycles. The van der Waals surface area contributed by atoms with Gasteiger partial charge < -0.3 is 10.0 Å². The Morgan fingerprint density at radius 1 is 1.45 bits per heavy atom. The summed E-state index contributed by atoms with van der Waals surface area (Å²) in [6.07, 6.45) is 4.05. The van der Waals surface area contributed by atoms with Crippen LogP contribution in [0.15, 0.2) is 17.8 Å². The van der Waals surface area contributed by atoms with Gasteiger partial charge in [-0.05, 0) is 41.1 Å². The third-order valence-corrected chi connectivity index (χ3v) is 3.82. The summed E-state index contributed by atoms with van der Waals surface area (Å²) < 4.78 is 1.49. The molecule has 2 heterocycles. The number of amides is 1. The summed E-state index contributed by atoms with van der Waals surface area (Å²) in [6.45, 7) is 0.873. The van der Waals surface area contributed by atoms with Crippen LogP contribution in [-0.2, 0) is 0 Å². The molecule has 0 fully saturated rings. The predicted octanol–water partition coefficient (Wildman–Crippen LogP) is 0.958. The first-order valence-electron chi connectivity index (χ1n) is 6.41. The Morgan fingerprint density at radius 2 is 2.30 bits per heavy atom. The molecule has 8 heteroatoms. The van der Waals surface area contributed by atoms with Gasteiger partial charge in [-0.15, -0.1) is 16.4 Å². The van der Waals surface area contributed by atoms with Crippen LogP contribution in [0.3, 0.4) is 0 Å². The fourth-order valence-electron chi connectivity index (χ4n) is 1.83. The van der Waals surface area contributed by atoms with Gasteiger partial charge in [-0.25, -0.2) is 0 Å². The molecule has 2 aromatic heterocycles. The van der Waals surface area contributed by atoms with Crippen molar-refractivity contribution in [2.45, 2.75) is 19.3 Å². The van der Waals surface area contributed by atoms with E-state index in [0.717, 1.165) is 19.3 Å². The number of rotatable bonds is 7. The quantitative estimate of drug-likeness (QED) is 0.769. The highest BCUT2D eigenvalue weighted by molar-refractivity contribution is 7.12. The Bertz CT molecular complexity index is 540. The molecule has 0 aliphatic carbocycles. The molecule has 0 radical (unpaired) electrons. The fraction of sp³-hybridized carbons (Fsp3) is 0.500. The first-order chi connectivity index (χ1) is 9.74. The number of aliphatic hydroxyl groups is 1. The third kappa shape index (κ3) is 3.40. The van der Waals surface area contributed by atoms with Crippen molar-refractivity contribution in [3.63, 3.8) is 0 Å². The maximum absolute atomic E-state index is 12.4. The number of hydrogen-bond acceptors (Lipinski definition) is 6. The number of aliphatic hydroxyl groups excluding tert-OH is 1. The van der Waals surface area contributed by atoms with Gasteiger partial charge in [0.1, 0.15) is 11.2 Å². The standard InChI is InChI=1S/C12H17N5O2S/c1-16(6-3-2-4-7-18)12(19)11-10(5-8-20-11)17-9-13-14-15-17/h5,8-9,18H,2-4,6-7H2,1H3. The molecule has 0 unspecified atom stereocenters. The van der Waals surface area contributed by atoms with E-state index < -0.39 is 0 Å². The molecule has 0 aromatic carbocycles. The molecule has 20 heavy (non-hydrogen) atoms. The van der Waals surface area contributed by atoms with Gasteiger partial charge in [0.05, 0.1) is 5.69 Å². The van der Waals surface area contributed by atoms with E-state index in [9.17, 15) is 4.79 Å².